The Morgan fingerprint density at radius 1 is 0.385 bits per heavy atom. The van der Waals surface area contributed by atoms with Crippen LogP contribution >= 0.6 is 0 Å². The molecule has 5 nitrogen and oxygen atoms in total. The van der Waals surface area contributed by atoms with E-state index in [0.29, 0.717) is 0 Å². The van der Waals surface area contributed by atoms with Crippen LogP contribution in [0.2, 0.25) is 0 Å². The molecule has 0 fully saturated rings. The second-order valence-electron chi connectivity index (χ2n) is 12.9. The topological polar surface area (TPSA) is 37.8 Å². The standard InChI is InChI=1S/C47H31N3O2/c1-3-12-32(13-4-1)33-22-24-37(25-23-33)49(39-26-27-40(48-31-39)34-14-5-2-6-15-34)38-17-11-16-35(28-38)36-29-45-47-46(30-36)52-44-21-10-8-19-42(44)50(47)41-18-7-9-20-43(41)51-45/h1-31H. The quantitative estimate of drug-likeness (QED) is 0.176. The molecular weight excluding hydrogens is 639 g/mol. The van der Waals surface area contributed by atoms with Gasteiger partial charge >= 0.3 is 0 Å². The van der Waals surface area contributed by atoms with E-state index in [1.165, 1.54) is 5.56 Å². The molecule has 0 atom stereocenters. The molecule has 3 heterocycles. The van der Waals surface area contributed by atoms with Crippen LogP contribution in [-0.2, 0) is 0 Å². The number of anilines is 6. The summed E-state index contributed by atoms with van der Waals surface area (Å²) in [6.45, 7) is 0. The van der Waals surface area contributed by atoms with Gasteiger partial charge in [-0.3, -0.25) is 9.88 Å². The SMILES string of the molecule is c1ccc(-c2ccc(N(c3ccc(-c4ccccc4)nc3)c3cccc(-c4cc5c6c(c4)Oc4ccccc4N6c4ccccc4O5)c3)cc2)cc1. The molecule has 8 aromatic rings. The van der Waals surface area contributed by atoms with Crippen molar-refractivity contribution in [3.05, 3.63) is 188 Å². The zero-order valence-corrected chi connectivity index (χ0v) is 28.1. The number of hydrogen-bond donors (Lipinski definition) is 0. The number of para-hydroxylation sites is 4. The number of aromatic nitrogens is 1. The van der Waals surface area contributed by atoms with Crippen LogP contribution in [0.15, 0.2) is 188 Å². The normalized spacial score (nSPS) is 12.1. The first kappa shape index (κ1) is 29.8. The molecule has 0 bridgehead atoms. The lowest BCUT2D eigenvalue weighted by Gasteiger charge is -2.38. The van der Waals surface area contributed by atoms with E-state index in [-0.39, 0.29) is 0 Å². The predicted molar refractivity (Wildman–Crippen MR) is 210 cm³/mol. The summed E-state index contributed by atoms with van der Waals surface area (Å²) in [5.41, 5.74) is 12.3. The molecule has 2 aliphatic rings. The van der Waals surface area contributed by atoms with E-state index >= 15 is 0 Å². The Hall–Kier alpha value is -7.11. The number of fused-ring (bicyclic) bond motifs is 4. The highest BCUT2D eigenvalue weighted by atomic mass is 16.5. The van der Waals surface area contributed by atoms with Crippen molar-refractivity contribution in [2.75, 3.05) is 9.80 Å². The van der Waals surface area contributed by atoms with Gasteiger partial charge in [-0.2, -0.15) is 0 Å². The Labute approximate surface area is 302 Å². The Balaban J connectivity index is 1.08. The van der Waals surface area contributed by atoms with Gasteiger partial charge in [0.1, 0.15) is 5.69 Å². The molecule has 0 saturated heterocycles. The van der Waals surface area contributed by atoms with E-state index in [4.69, 9.17) is 14.5 Å². The Kier molecular flexibility index (Phi) is 7.07. The molecule has 0 radical (unpaired) electrons. The minimum absolute atomic E-state index is 0.750. The molecule has 5 heteroatoms. The first-order valence-corrected chi connectivity index (χ1v) is 17.4. The molecule has 10 rings (SSSR count). The molecule has 0 saturated carbocycles. The van der Waals surface area contributed by atoms with Crippen LogP contribution in [0.5, 0.6) is 23.0 Å². The summed E-state index contributed by atoms with van der Waals surface area (Å²) in [6.07, 6.45) is 1.95. The van der Waals surface area contributed by atoms with Gasteiger partial charge in [-0.05, 0) is 95.1 Å². The van der Waals surface area contributed by atoms with Gasteiger partial charge in [0.05, 0.1) is 29.0 Å². The first-order valence-electron chi connectivity index (χ1n) is 17.4. The van der Waals surface area contributed by atoms with Crippen LogP contribution in [-0.4, -0.2) is 4.98 Å². The van der Waals surface area contributed by atoms with E-state index in [9.17, 15) is 0 Å². The summed E-state index contributed by atoms with van der Waals surface area (Å²) in [7, 11) is 0. The number of pyridine rings is 1. The number of ether oxygens (including phenoxy) is 2. The number of benzene rings is 7. The molecule has 2 aliphatic heterocycles. The van der Waals surface area contributed by atoms with Crippen LogP contribution < -0.4 is 19.3 Å². The van der Waals surface area contributed by atoms with Crippen molar-refractivity contribution in [1.29, 1.82) is 0 Å². The number of nitrogens with zero attached hydrogens (tertiary/aromatic N) is 3. The molecule has 52 heavy (non-hydrogen) atoms. The van der Waals surface area contributed by atoms with Gasteiger partial charge in [0.15, 0.2) is 23.0 Å². The van der Waals surface area contributed by atoms with Crippen molar-refractivity contribution in [2.45, 2.75) is 0 Å². The third-order valence-electron chi connectivity index (χ3n) is 9.66. The van der Waals surface area contributed by atoms with Crippen LogP contribution in [0, 0.1) is 0 Å². The van der Waals surface area contributed by atoms with Gasteiger partial charge < -0.3 is 14.4 Å². The zero-order valence-electron chi connectivity index (χ0n) is 28.1. The van der Waals surface area contributed by atoms with Gasteiger partial charge in [-0.1, -0.05) is 109 Å². The van der Waals surface area contributed by atoms with Crippen molar-refractivity contribution in [3.63, 3.8) is 0 Å². The molecule has 0 N–H and O–H groups in total. The third-order valence-corrected chi connectivity index (χ3v) is 9.66. The summed E-state index contributed by atoms with van der Waals surface area (Å²) in [4.78, 5) is 9.41. The van der Waals surface area contributed by atoms with E-state index < -0.39 is 0 Å². The summed E-state index contributed by atoms with van der Waals surface area (Å²) in [5, 5.41) is 0. The predicted octanol–water partition coefficient (Wildman–Crippen LogP) is 13.2. The molecular formula is C47H31N3O2. The molecule has 0 unspecified atom stereocenters. The van der Waals surface area contributed by atoms with Crippen molar-refractivity contribution in [2.24, 2.45) is 0 Å². The minimum atomic E-state index is 0.750. The molecule has 7 aromatic carbocycles. The van der Waals surface area contributed by atoms with Gasteiger partial charge in [-0.15, -0.1) is 0 Å². The second-order valence-corrected chi connectivity index (χ2v) is 12.9. The van der Waals surface area contributed by atoms with E-state index in [2.05, 4.69) is 131 Å². The summed E-state index contributed by atoms with van der Waals surface area (Å²) >= 11 is 0. The number of rotatable bonds is 6. The Morgan fingerprint density at radius 3 is 1.58 bits per heavy atom. The van der Waals surface area contributed by atoms with Crippen molar-refractivity contribution >= 4 is 34.1 Å². The fourth-order valence-electron chi connectivity index (χ4n) is 7.19. The second kappa shape index (κ2) is 12.3. The summed E-state index contributed by atoms with van der Waals surface area (Å²) in [6, 6.07) is 62.8. The molecule has 0 aliphatic carbocycles. The van der Waals surface area contributed by atoms with Crippen LogP contribution in [0.1, 0.15) is 0 Å². The largest absolute Gasteiger partial charge is 0.453 e. The average molecular weight is 670 g/mol. The average Bonchev–Trinajstić information content (AvgIpc) is 3.22. The zero-order chi connectivity index (χ0) is 34.4. The van der Waals surface area contributed by atoms with E-state index in [1.54, 1.807) is 0 Å². The highest BCUT2D eigenvalue weighted by molar-refractivity contribution is 5.95. The van der Waals surface area contributed by atoms with Gasteiger partial charge in [0, 0.05) is 16.9 Å². The lowest BCUT2D eigenvalue weighted by molar-refractivity contribution is 0.446. The summed E-state index contributed by atoms with van der Waals surface area (Å²) in [5.74, 6) is 3.11. The van der Waals surface area contributed by atoms with Gasteiger partial charge in [0.25, 0.3) is 0 Å². The first-order chi connectivity index (χ1) is 25.8. The van der Waals surface area contributed by atoms with Gasteiger partial charge in [-0.25, -0.2) is 0 Å². The molecule has 1 aromatic heterocycles. The van der Waals surface area contributed by atoms with Gasteiger partial charge in [0.2, 0.25) is 0 Å². The van der Waals surface area contributed by atoms with Crippen LogP contribution in [0.4, 0.5) is 34.1 Å². The highest BCUT2D eigenvalue weighted by Gasteiger charge is 2.35. The third kappa shape index (κ3) is 5.15. The van der Waals surface area contributed by atoms with E-state index in [0.717, 1.165) is 85.1 Å². The van der Waals surface area contributed by atoms with Crippen molar-refractivity contribution in [1.82, 2.24) is 4.98 Å². The van der Waals surface area contributed by atoms with Crippen molar-refractivity contribution < 1.29 is 9.47 Å². The lowest BCUT2D eigenvalue weighted by atomic mass is 10.00. The maximum Gasteiger partial charge on any atom is 0.156 e. The molecule has 0 amide bonds. The minimum Gasteiger partial charge on any atom is -0.453 e. The van der Waals surface area contributed by atoms with Crippen LogP contribution in [0.3, 0.4) is 0 Å². The molecule has 0 spiro atoms. The monoisotopic (exact) mass is 669 g/mol. The van der Waals surface area contributed by atoms with E-state index in [1.807, 2.05) is 66.9 Å². The lowest BCUT2D eigenvalue weighted by Crippen LogP contribution is -2.20. The summed E-state index contributed by atoms with van der Waals surface area (Å²) < 4.78 is 13.1. The van der Waals surface area contributed by atoms with Crippen molar-refractivity contribution in [3.8, 4) is 56.5 Å². The highest BCUT2D eigenvalue weighted by Crippen LogP contribution is 2.60. The maximum absolute atomic E-state index is 6.57. The van der Waals surface area contributed by atoms with Crippen LogP contribution in [0.25, 0.3) is 33.5 Å². The Bertz CT molecular complexity index is 2420. The maximum atomic E-state index is 6.57. The fraction of sp³-hybridized carbons (Fsp3) is 0. The Morgan fingerprint density at radius 2 is 0.942 bits per heavy atom. The number of hydrogen-bond acceptors (Lipinski definition) is 5. The molecule has 246 valence electrons. The fourth-order valence-corrected chi connectivity index (χ4v) is 7.19. The smallest absolute Gasteiger partial charge is 0.156 e.